The van der Waals surface area contributed by atoms with Crippen LogP contribution in [0, 0.1) is 11.3 Å². The Morgan fingerprint density at radius 3 is 2.36 bits per heavy atom. The zero-order valence-corrected chi connectivity index (χ0v) is 8.63. The predicted molar refractivity (Wildman–Crippen MR) is 53.7 cm³/mol. The van der Waals surface area contributed by atoms with Gasteiger partial charge in [0.05, 0.1) is 6.07 Å². The van der Waals surface area contributed by atoms with E-state index in [2.05, 4.69) is 15.9 Å². The molecule has 0 unspecified atom stereocenters. The van der Waals surface area contributed by atoms with Gasteiger partial charge in [-0.15, -0.1) is 0 Å². The largest absolute Gasteiger partial charge is 0.265 e. The quantitative estimate of drug-likeness (QED) is 0.743. The molecule has 0 aromatic heterocycles. The SMILES string of the molecule is N#CC=C(c1ccc(Br)cc1)C(F)F. The van der Waals surface area contributed by atoms with Gasteiger partial charge in [-0.25, -0.2) is 8.78 Å². The maximum Gasteiger partial charge on any atom is 0.265 e. The van der Waals surface area contributed by atoms with E-state index >= 15 is 0 Å². The first-order chi connectivity index (χ1) is 6.65. The van der Waals surface area contributed by atoms with Gasteiger partial charge in [0.15, 0.2) is 0 Å². The molecule has 4 heteroatoms. The molecule has 0 radical (unpaired) electrons. The van der Waals surface area contributed by atoms with Crippen LogP contribution in [0.4, 0.5) is 8.78 Å². The molecule has 1 rings (SSSR count). The lowest BCUT2D eigenvalue weighted by atomic mass is 10.1. The summed E-state index contributed by atoms with van der Waals surface area (Å²) in [4.78, 5) is 0. The van der Waals surface area contributed by atoms with Crippen LogP contribution in [-0.2, 0) is 0 Å². The first-order valence-electron chi connectivity index (χ1n) is 3.79. The van der Waals surface area contributed by atoms with Crippen molar-refractivity contribution in [2.24, 2.45) is 0 Å². The highest BCUT2D eigenvalue weighted by molar-refractivity contribution is 9.10. The lowest BCUT2D eigenvalue weighted by Gasteiger charge is -2.04. The number of halogens is 3. The van der Waals surface area contributed by atoms with Crippen LogP contribution in [0.5, 0.6) is 0 Å². The second kappa shape index (κ2) is 4.87. The van der Waals surface area contributed by atoms with Crippen LogP contribution in [0.1, 0.15) is 5.56 Å². The molecule has 0 saturated carbocycles. The Morgan fingerprint density at radius 2 is 1.93 bits per heavy atom. The highest BCUT2D eigenvalue weighted by atomic mass is 79.9. The minimum atomic E-state index is -2.63. The van der Waals surface area contributed by atoms with Gasteiger partial charge in [0.1, 0.15) is 0 Å². The molecular weight excluding hydrogens is 252 g/mol. The normalized spacial score (nSPS) is 11.5. The van der Waals surface area contributed by atoms with Crippen molar-refractivity contribution in [3.63, 3.8) is 0 Å². The van der Waals surface area contributed by atoms with Gasteiger partial charge in [0.2, 0.25) is 0 Å². The number of nitrogens with zero attached hydrogens (tertiary/aromatic N) is 1. The molecule has 0 atom stereocenters. The number of rotatable bonds is 2. The summed E-state index contributed by atoms with van der Waals surface area (Å²) in [5.74, 6) is 0. The van der Waals surface area contributed by atoms with Crippen LogP contribution < -0.4 is 0 Å². The van der Waals surface area contributed by atoms with Gasteiger partial charge < -0.3 is 0 Å². The maximum absolute atomic E-state index is 12.4. The van der Waals surface area contributed by atoms with Gasteiger partial charge >= 0.3 is 0 Å². The molecule has 0 saturated heterocycles. The van der Waals surface area contributed by atoms with Gasteiger partial charge in [-0.1, -0.05) is 28.1 Å². The Labute approximate surface area is 88.8 Å². The minimum Gasteiger partial charge on any atom is -0.205 e. The number of hydrogen-bond acceptors (Lipinski definition) is 1. The minimum absolute atomic E-state index is 0.250. The van der Waals surface area contributed by atoms with Crippen LogP contribution >= 0.6 is 15.9 Å². The fraction of sp³-hybridized carbons (Fsp3) is 0.100. The number of alkyl halides is 2. The summed E-state index contributed by atoms with van der Waals surface area (Å²) in [6, 6.07) is 8.00. The molecule has 0 aliphatic heterocycles. The Kier molecular flexibility index (Phi) is 3.78. The summed E-state index contributed by atoms with van der Waals surface area (Å²) < 4.78 is 25.7. The zero-order valence-electron chi connectivity index (χ0n) is 7.05. The molecule has 0 N–H and O–H groups in total. The number of nitriles is 1. The molecule has 0 bridgehead atoms. The van der Waals surface area contributed by atoms with Crippen molar-refractivity contribution in [1.29, 1.82) is 5.26 Å². The maximum atomic E-state index is 12.4. The van der Waals surface area contributed by atoms with Gasteiger partial charge in [-0.05, 0) is 17.7 Å². The van der Waals surface area contributed by atoms with Crippen molar-refractivity contribution in [1.82, 2.24) is 0 Å². The monoisotopic (exact) mass is 257 g/mol. The molecule has 1 aromatic rings. The third-order valence-corrected chi connectivity index (χ3v) is 2.16. The van der Waals surface area contributed by atoms with Crippen molar-refractivity contribution in [2.45, 2.75) is 6.43 Å². The molecule has 0 spiro atoms. The van der Waals surface area contributed by atoms with Gasteiger partial charge in [0.25, 0.3) is 6.43 Å². The summed E-state index contributed by atoms with van der Waals surface area (Å²) in [5.41, 5.74) is 0.116. The lowest BCUT2D eigenvalue weighted by Crippen LogP contribution is -1.95. The fourth-order valence-electron chi connectivity index (χ4n) is 0.984. The Morgan fingerprint density at radius 1 is 1.36 bits per heavy atom. The molecular formula is C10H6BrF2N. The van der Waals surface area contributed by atoms with Crippen molar-refractivity contribution in [3.8, 4) is 6.07 Å². The molecule has 1 aromatic carbocycles. The standard InChI is InChI=1S/C10H6BrF2N/c11-8-3-1-7(2-4-8)9(5-6-14)10(12)13/h1-5,10H. The number of benzene rings is 1. The van der Waals surface area contributed by atoms with E-state index in [9.17, 15) is 8.78 Å². The van der Waals surface area contributed by atoms with Crippen LogP contribution in [0.15, 0.2) is 34.8 Å². The van der Waals surface area contributed by atoms with E-state index in [1.807, 2.05) is 0 Å². The average Bonchev–Trinajstić information content (AvgIpc) is 2.15. The molecule has 0 fully saturated rings. The van der Waals surface area contributed by atoms with Gasteiger partial charge in [-0.2, -0.15) is 5.26 Å². The third kappa shape index (κ3) is 2.64. The van der Waals surface area contributed by atoms with E-state index in [0.717, 1.165) is 10.5 Å². The first-order valence-corrected chi connectivity index (χ1v) is 4.58. The topological polar surface area (TPSA) is 23.8 Å². The molecule has 0 aliphatic rings. The van der Waals surface area contributed by atoms with Crippen molar-refractivity contribution < 1.29 is 8.78 Å². The smallest absolute Gasteiger partial charge is 0.205 e. The second-order valence-electron chi connectivity index (χ2n) is 2.54. The summed E-state index contributed by atoms with van der Waals surface area (Å²) in [7, 11) is 0. The molecule has 72 valence electrons. The van der Waals surface area contributed by atoms with Crippen molar-refractivity contribution in [2.75, 3.05) is 0 Å². The van der Waals surface area contributed by atoms with Crippen LogP contribution in [0.25, 0.3) is 5.57 Å². The molecule has 1 nitrogen and oxygen atoms in total. The molecule has 0 heterocycles. The predicted octanol–water partition coefficient (Wildman–Crippen LogP) is 3.62. The highest BCUT2D eigenvalue weighted by Crippen LogP contribution is 2.23. The average molecular weight is 258 g/mol. The van der Waals surface area contributed by atoms with E-state index in [-0.39, 0.29) is 5.57 Å². The fourth-order valence-corrected chi connectivity index (χ4v) is 1.25. The highest BCUT2D eigenvalue weighted by Gasteiger charge is 2.12. The summed E-state index contributed by atoms with van der Waals surface area (Å²) in [5, 5.41) is 8.33. The van der Waals surface area contributed by atoms with E-state index in [0.29, 0.717) is 5.56 Å². The van der Waals surface area contributed by atoms with E-state index < -0.39 is 6.43 Å². The van der Waals surface area contributed by atoms with Gasteiger partial charge in [0, 0.05) is 16.1 Å². The second-order valence-corrected chi connectivity index (χ2v) is 3.45. The first kappa shape index (κ1) is 10.9. The Balaban J connectivity index is 3.08. The third-order valence-electron chi connectivity index (χ3n) is 1.63. The van der Waals surface area contributed by atoms with Crippen LogP contribution in [-0.4, -0.2) is 6.43 Å². The molecule has 0 aliphatic carbocycles. The Bertz CT molecular complexity index is 376. The van der Waals surface area contributed by atoms with E-state index in [1.165, 1.54) is 0 Å². The van der Waals surface area contributed by atoms with E-state index in [1.54, 1.807) is 30.3 Å². The van der Waals surface area contributed by atoms with Gasteiger partial charge in [-0.3, -0.25) is 0 Å². The summed E-state index contributed by atoms with van der Waals surface area (Å²) >= 11 is 3.20. The number of allylic oxidation sites excluding steroid dienone is 2. The lowest BCUT2D eigenvalue weighted by molar-refractivity contribution is 0.215. The summed E-state index contributed by atoms with van der Waals surface area (Å²) in [6.45, 7) is 0. The molecule has 14 heavy (non-hydrogen) atoms. The van der Waals surface area contributed by atoms with Crippen LogP contribution in [0.2, 0.25) is 0 Å². The number of hydrogen-bond donors (Lipinski definition) is 0. The van der Waals surface area contributed by atoms with E-state index in [4.69, 9.17) is 5.26 Å². The summed E-state index contributed by atoms with van der Waals surface area (Å²) in [6.07, 6.45) is -1.76. The van der Waals surface area contributed by atoms with Crippen LogP contribution in [0.3, 0.4) is 0 Å². The zero-order chi connectivity index (χ0) is 10.6. The molecule has 0 amide bonds. The Hall–Kier alpha value is -1.21. The van der Waals surface area contributed by atoms with Crippen molar-refractivity contribution >= 4 is 21.5 Å². The van der Waals surface area contributed by atoms with Crippen molar-refractivity contribution in [3.05, 3.63) is 40.4 Å².